The molecule has 0 saturated carbocycles. The Bertz CT molecular complexity index is 580. The zero-order valence-electron chi connectivity index (χ0n) is 10.3. The predicted octanol–water partition coefficient (Wildman–Crippen LogP) is 3.30. The van der Waals surface area contributed by atoms with Crippen molar-refractivity contribution in [3.63, 3.8) is 0 Å². The molecule has 0 unspecified atom stereocenters. The van der Waals surface area contributed by atoms with Gasteiger partial charge in [0.1, 0.15) is 12.4 Å². The minimum Gasteiger partial charge on any atom is -0.489 e. The van der Waals surface area contributed by atoms with Crippen LogP contribution in [0.4, 0.5) is 0 Å². The Labute approximate surface area is 116 Å². The summed E-state index contributed by atoms with van der Waals surface area (Å²) in [5, 5.41) is 7.73. The number of fused-ring (bicyclic) bond motifs is 2. The van der Waals surface area contributed by atoms with E-state index >= 15 is 0 Å². The Morgan fingerprint density at radius 2 is 1.79 bits per heavy atom. The first-order valence-corrected chi connectivity index (χ1v) is 6.94. The van der Waals surface area contributed by atoms with E-state index in [1.165, 1.54) is 17.3 Å². The van der Waals surface area contributed by atoms with Crippen molar-refractivity contribution in [3.05, 3.63) is 65.2 Å². The molecule has 0 aliphatic carbocycles. The molecule has 0 fully saturated rings. The Kier molecular flexibility index (Phi) is 3.17. The highest BCUT2D eigenvalue weighted by Gasteiger charge is 2.25. The van der Waals surface area contributed by atoms with Crippen LogP contribution >= 0.6 is 11.8 Å². The molecule has 0 spiro atoms. The third-order valence-corrected chi connectivity index (χ3v) is 4.16. The van der Waals surface area contributed by atoms with Crippen molar-refractivity contribution >= 4 is 16.9 Å². The van der Waals surface area contributed by atoms with Gasteiger partial charge in [0.05, 0.1) is 5.25 Å². The van der Waals surface area contributed by atoms with Crippen molar-refractivity contribution in [2.75, 3.05) is 0 Å². The molecular weight excluding hydrogens is 256 g/mol. The Morgan fingerprint density at radius 1 is 1.11 bits per heavy atom. The van der Waals surface area contributed by atoms with Crippen molar-refractivity contribution < 1.29 is 4.74 Å². The molecule has 0 saturated heterocycles. The number of rotatable bonds is 1. The van der Waals surface area contributed by atoms with E-state index in [-0.39, 0.29) is 10.4 Å². The molecule has 3 rings (SSSR count). The number of ether oxygens (including phenoxy) is 1. The largest absolute Gasteiger partial charge is 0.489 e. The van der Waals surface area contributed by atoms with E-state index in [4.69, 9.17) is 15.9 Å². The summed E-state index contributed by atoms with van der Waals surface area (Å²) in [6.07, 6.45) is 0. The molecule has 3 nitrogen and oxygen atoms in total. The van der Waals surface area contributed by atoms with Gasteiger partial charge in [-0.05, 0) is 17.2 Å². The second kappa shape index (κ2) is 4.97. The number of nitrogens with one attached hydrogen (secondary N) is 1. The zero-order valence-corrected chi connectivity index (χ0v) is 11.1. The minimum atomic E-state index is 0.0207. The van der Waals surface area contributed by atoms with Crippen LogP contribution in [-0.2, 0) is 6.61 Å². The lowest BCUT2D eigenvalue weighted by Crippen LogP contribution is -2.09. The van der Waals surface area contributed by atoms with Gasteiger partial charge >= 0.3 is 0 Å². The van der Waals surface area contributed by atoms with E-state index in [2.05, 4.69) is 12.1 Å². The number of thioether (sulfide) groups is 1. The summed E-state index contributed by atoms with van der Waals surface area (Å²) in [6.45, 7) is 0.558. The normalized spacial score (nSPS) is 16.7. The molecule has 4 heteroatoms. The molecule has 19 heavy (non-hydrogen) atoms. The van der Waals surface area contributed by atoms with Crippen molar-refractivity contribution in [2.45, 2.75) is 11.9 Å². The maximum Gasteiger partial charge on any atom is 0.151 e. The van der Waals surface area contributed by atoms with Crippen molar-refractivity contribution in [3.8, 4) is 5.75 Å². The number of para-hydroxylation sites is 1. The first kappa shape index (κ1) is 12.1. The van der Waals surface area contributed by atoms with Crippen molar-refractivity contribution in [1.82, 2.24) is 0 Å². The van der Waals surface area contributed by atoms with Crippen LogP contribution in [0.25, 0.3) is 0 Å². The molecular formula is C15H14N2OS. The lowest BCUT2D eigenvalue weighted by molar-refractivity contribution is 0.307. The summed E-state index contributed by atoms with van der Waals surface area (Å²) < 4.78 is 5.86. The summed E-state index contributed by atoms with van der Waals surface area (Å²) in [5.41, 5.74) is 8.99. The topological polar surface area (TPSA) is 59.1 Å². The van der Waals surface area contributed by atoms with Gasteiger partial charge in [0, 0.05) is 5.56 Å². The van der Waals surface area contributed by atoms with Crippen LogP contribution in [0, 0.1) is 5.41 Å². The van der Waals surface area contributed by atoms with Crippen LogP contribution in [0.1, 0.15) is 21.9 Å². The molecule has 0 amide bonds. The van der Waals surface area contributed by atoms with Gasteiger partial charge in [0.2, 0.25) is 0 Å². The van der Waals surface area contributed by atoms with Gasteiger partial charge < -0.3 is 10.5 Å². The molecule has 0 aromatic heterocycles. The van der Waals surface area contributed by atoms with Crippen LogP contribution in [0.2, 0.25) is 0 Å². The van der Waals surface area contributed by atoms with Crippen LogP contribution in [-0.4, -0.2) is 5.17 Å². The van der Waals surface area contributed by atoms with Gasteiger partial charge in [-0.2, -0.15) is 0 Å². The standard InChI is InChI=1S/C15H14N2OS/c16-15(17)19-14-11-6-2-1-5-10(11)9-18-13-8-4-3-7-12(13)14/h1-8,14H,9H2,(H3,16,17)/t14-/m1/s1. The third-order valence-electron chi connectivity index (χ3n) is 3.17. The Morgan fingerprint density at radius 3 is 2.58 bits per heavy atom. The minimum absolute atomic E-state index is 0.0207. The van der Waals surface area contributed by atoms with Crippen molar-refractivity contribution in [1.29, 1.82) is 5.41 Å². The summed E-state index contributed by atoms with van der Waals surface area (Å²) in [5.74, 6) is 0.873. The maximum atomic E-state index is 7.58. The van der Waals surface area contributed by atoms with Gasteiger partial charge in [-0.15, -0.1) is 0 Å². The molecule has 0 radical (unpaired) electrons. The molecule has 1 heterocycles. The highest BCUT2D eigenvalue weighted by molar-refractivity contribution is 8.14. The first-order chi connectivity index (χ1) is 9.25. The summed E-state index contributed by atoms with van der Waals surface area (Å²) in [7, 11) is 0. The van der Waals surface area contributed by atoms with E-state index in [0.717, 1.165) is 16.9 Å². The van der Waals surface area contributed by atoms with E-state index in [9.17, 15) is 0 Å². The molecule has 2 aromatic carbocycles. The van der Waals surface area contributed by atoms with Crippen LogP contribution in [0.15, 0.2) is 48.5 Å². The molecule has 3 N–H and O–H groups in total. The van der Waals surface area contributed by atoms with E-state index in [0.29, 0.717) is 6.61 Å². The Hall–Kier alpha value is -1.94. The fourth-order valence-corrected chi connectivity index (χ4v) is 3.26. The molecule has 1 atom stereocenters. The molecule has 1 aliphatic rings. The molecule has 1 aliphatic heterocycles. The molecule has 2 aromatic rings. The average Bonchev–Trinajstić information content (AvgIpc) is 2.57. The second-order valence-electron chi connectivity index (χ2n) is 4.39. The Balaban J connectivity index is 2.16. The number of hydrogen-bond acceptors (Lipinski definition) is 3. The summed E-state index contributed by atoms with van der Waals surface area (Å²) in [4.78, 5) is 0. The third kappa shape index (κ3) is 2.31. The van der Waals surface area contributed by atoms with Crippen LogP contribution in [0.3, 0.4) is 0 Å². The van der Waals surface area contributed by atoms with Crippen LogP contribution in [0.5, 0.6) is 5.75 Å². The average molecular weight is 270 g/mol. The molecule has 0 bridgehead atoms. The lowest BCUT2D eigenvalue weighted by atomic mass is 10.0. The summed E-state index contributed by atoms with van der Waals surface area (Å²) >= 11 is 1.36. The SMILES string of the molecule is N=C(N)S[C@@H]1c2ccccc2COc2ccccc21. The van der Waals surface area contributed by atoms with Gasteiger partial charge in [0.25, 0.3) is 0 Å². The van der Waals surface area contributed by atoms with Gasteiger partial charge in [-0.1, -0.05) is 54.2 Å². The monoisotopic (exact) mass is 270 g/mol. The number of nitrogens with two attached hydrogens (primary N) is 1. The fraction of sp³-hybridized carbons (Fsp3) is 0.133. The van der Waals surface area contributed by atoms with Gasteiger partial charge in [0.15, 0.2) is 5.17 Å². The highest BCUT2D eigenvalue weighted by atomic mass is 32.2. The van der Waals surface area contributed by atoms with Gasteiger partial charge in [-0.3, -0.25) is 5.41 Å². The second-order valence-corrected chi connectivity index (χ2v) is 5.53. The molecule has 96 valence electrons. The number of hydrogen-bond donors (Lipinski definition) is 2. The van der Waals surface area contributed by atoms with E-state index < -0.39 is 0 Å². The van der Waals surface area contributed by atoms with E-state index in [1.54, 1.807) is 0 Å². The highest BCUT2D eigenvalue weighted by Crippen LogP contribution is 2.43. The van der Waals surface area contributed by atoms with Gasteiger partial charge in [-0.25, -0.2) is 0 Å². The van der Waals surface area contributed by atoms with Crippen molar-refractivity contribution in [2.24, 2.45) is 5.73 Å². The number of benzene rings is 2. The quantitative estimate of drug-likeness (QED) is 0.617. The predicted molar refractivity (Wildman–Crippen MR) is 78.6 cm³/mol. The fourth-order valence-electron chi connectivity index (χ4n) is 2.33. The zero-order chi connectivity index (χ0) is 13.2. The summed E-state index contributed by atoms with van der Waals surface area (Å²) in [6, 6.07) is 16.1. The van der Waals surface area contributed by atoms with Crippen LogP contribution < -0.4 is 10.5 Å². The smallest absolute Gasteiger partial charge is 0.151 e. The van der Waals surface area contributed by atoms with E-state index in [1.807, 2.05) is 36.4 Å². The first-order valence-electron chi connectivity index (χ1n) is 6.06. The number of amidine groups is 1. The lowest BCUT2D eigenvalue weighted by Gasteiger charge is -2.17. The maximum absolute atomic E-state index is 7.58.